The third kappa shape index (κ3) is 9.62. The average molecular weight is 696 g/mol. The van der Waals surface area contributed by atoms with E-state index < -0.39 is 0 Å². The third-order valence-electron chi connectivity index (χ3n) is 9.97. The average Bonchev–Trinajstić information content (AvgIpc) is 3.45. The Hall–Kier alpha value is -4.18. The molecule has 0 saturated heterocycles. The molecule has 3 nitrogen and oxygen atoms in total. The van der Waals surface area contributed by atoms with E-state index >= 15 is 0 Å². The van der Waals surface area contributed by atoms with Crippen LogP contribution in [0.4, 0.5) is 17.1 Å². The predicted octanol–water partition coefficient (Wildman–Crippen LogP) is 13.8. The van der Waals surface area contributed by atoms with Crippen LogP contribution in [-0.4, -0.2) is 7.28 Å². The van der Waals surface area contributed by atoms with Crippen molar-refractivity contribution in [2.75, 3.05) is 9.80 Å². The van der Waals surface area contributed by atoms with Crippen LogP contribution in [-0.2, 0) is 5.41 Å². The fraction of sp³-hybridized carbons (Fsp3) is 0.417. The molecule has 1 aliphatic heterocycles. The molecule has 4 heteroatoms. The quantitative estimate of drug-likeness (QED) is 0.131. The summed E-state index contributed by atoms with van der Waals surface area (Å²) in [6.07, 6.45) is 22.0. The zero-order valence-electron chi connectivity index (χ0n) is 34.3. The lowest BCUT2D eigenvalue weighted by atomic mass is 9.64. The third-order valence-corrected chi connectivity index (χ3v) is 9.97. The van der Waals surface area contributed by atoms with Crippen LogP contribution in [0.1, 0.15) is 114 Å². The van der Waals surface area contributed by atoms with Gasteiger partial charge in [-0.3, -0.25) is 0 Å². The number of hydrogen-bond acceptors (Lipinski definition) is 3. The van der Waals surface area contributed by atoms with E-state index in [4.69, 9.17) is 4.42 Å². The van der Waals surface area contributed by atoms with Gasteiger partial charge in [0.1, 0.15) is 5.58 Å². The van der Waals surface area contributed by atoms with E-state index in [9.17, 15) is 0 Å². The minimum Gasteiger partial charge on any atom is -0.469 e. The molecule has 52 heavy (non-hydrogen) atoms. The van der Waals surface area contributed by atoms with Crippen LogP contribution in [0.5, 0.6) is 0 Å². The summed E-state index contributed by atoms with van der Waals surface area (Å²) in [6.45, 7) is 31.4. The smallest absolute Gasteiger partial charge is 0.246 e. The largest absolute Gasteiger partial charge is 0.469 e. The van der Waals surface area contributed by atoms with Crippen LogP contribution < -0.4 is 15.5 Å². The van der Waals surface area contributed by atoms with Crippen molar-refractivity contribution in [1.29, 1.82) is 0 Å². The summed E-state index contributed by atoms with van der Waals surface area (Å²) in [7, 11) is 2.29. The molecule has 2 heterocycles. The van der Waals surface area contributed by atoms with Gasteiger partial charge in [-0.05, 0) is 110 Å². The zero-order valence-corrected chi connectivity index (χ0v) is 34.3. The van der Waals surface area contributed by atoms with Crippen molar-refractivity contribution in [2.45, 2.75) is 114 Å². The molecule has 0 spiro atoms. The molecule has 3 aromatic rings. The predicted molar refractivity (Wildman–Crippen MR) is 231 cm³/mol. The van der Waals surface area contributed by atoms with E-state index in [0.717, 1.165) is 81.9 Å². The first-order chi connectivity index (χ1) is 24.7. The van der Waals surface area contributed by atoms with Gasteiger partial charge in [-0.1, -0.05) is 136 Å². The first-order valence-electron chi connectivity index (χ1n) is 19.6. The van der Waals surface area contributed by atoms with E-state index in [2.05, 4.69) is 192 Å². The molecule has 1 aromatic heterocycles. The second-order valence-corrected chi connectivity index (χ2v) is 16.1. The van der Waals surface area contributed by atoms with Crippen LogP contribution in [0, 0.1) is 17.8 Å². The summed E-state index contributed by atoms with van der Waals surface area (Å²) < 4.78 is 6.97. The van der Waals surface area contributed by atoms with Crippen molar-refractivity contribution < 1.29 is 4.42 Å². The highest BCUT2D eigenvalue weighted by Gasteiger charge is 2.29. The highest BCUT2D eigenvalue weighted by molar-refractivity contribution is 6.63. The summed E-state index contributed by atoms with van der Waals surface area (Å²) in [6, 6.07) is 15.7. The maximum atomic E-state index is 6.97. The van der Waals surface area contributed by atoms with Gasteiger partial charge >= 0.3 is 0 Å². The number of hydrogen-bond donors (Lipinski definition) is 0. The number of fused-ring (bicyclic) bond motifs is 5. The minimum atomic E-state index is -0.0168. The van der Waals surface area contributed by atoms with Crippen LogP contribution in [0.15, 0.2) is 130 Å². The van der Waals surface area contributed by atoms with Gasteiger partial charge in [0.05, 0.1) is 11.3 Å². The van der Waals surface area contributed by atoms with E-state index in [1.165, 1.54) is 11.1 Å². The SMILES string of the molecule is C=C/C(=C\C=C\C(C)C)N1/C(C)=C(/C=C(\CCC)C(C)CC)[B]c2oc3ccc(C(C)(C)C)cc3c2N(C(/C=C\CC(C)C)=C/C)c2cccc1c2. The standard InChI is InChI=1S/C48H64BN2O/c1-14-21-37(35(9)15-2)30-44-36(10)50(39(16-3)24-18-22-33(5)6)41-26-20-27-42(32-41)51(40(17-4)25-19-23-34(7)8)46-43-31-38(48(11,12)13)28-29-45(43)52-47(46)49-44/h16-20,22,24-35H,3,14-15,21,23H2,1-2,4-13H3/b22-18+,25-19-,37-30+,39-24+,40-17+,44-36-. The molecule has 1 radical (unpaired) electrons. The normalized spacial score (nSPS) is 17.2. The monoisotopic (exact) mass is 696 g/mol. The molecule has 0 amide bonds. The molecule has 0 aliphatic carbocycles. The number of benzene rings is 2. The summed E-state index contributed by atoms with van der Waals surface area (Å²) >= 11 is 0. The van der Waals surface area contributed by atoms with E-state index in [1.54, 1.807) is 0 Å². The zero-order chi connectivity index (χ0) is 38.2. The van der Waals surface area contributed by atoms with Gasteiger partial charge in [-0.2, -0.15) is 0 Å². The second kappa shape index (κ2) is 18.0. The fourth-order valence-electron chi connectivity index (χ4n) is 6.72. The van der Waals surface area contributed by atoms with Crippen molar-refractivity contribution in [3.8, 4) is 0 Å². The first kappa shape index (κ1) is 40.6. The van der Waals surface area contributed by atoms with Crippen LogP contribution in [0.2, 0.25) is 0 Å². The van der Waals surface area contributed by atoms with Gasteiger partial charge in [0.2, 0.25) is 7.28 Å². The Balaban J connectivity index is 2.20. The highest BCUT2D eigenvalue weighted by atomic mass is 16.3. The molecule has 1 aliphatic rings. The summed E-state index contributed by atoms with van der Waals surface area (Å²) in [4.78, 5) is 4.76. The molecule has 275 valence electrons. The van der Waals surface area contributed by atoms with Crippen molar-refractivity contribution in [2.24, 2.45) is 17.8 Å². The number of anilines is 3. The van der Waals surface area contributed by atoms with E-state index in [0.29, 0.717) is 17.8 Å². The molecule has 0 saturated carbocycles. The maximum absolute atomic E-state index is 6.97. The van der Waals surface area contributed by atoms with Gasteiger partial charge in [0, 0.05) is 33.9 Å². The molecule has 0 fully saturated rings. The highest BCUT2D eigenvalue weighted by Crippen LogP contribution is 2.41. The molecule has 0 N–H and O–H groups in total. The van der Waals surface area contributed by atoms with Crippen LogP contribution in [0.25, 0.3) is 11.0 Å². The Morgan fingerprint density at radius 2 is 1.67 bits per heavy atom. The summed E-state index contributed by atoms with van der Waals surface area (Å²) in [5, 5.41) is 1.11. The van der Waals surface area contributed by atoms with Gasteiger partial charge in [0.25, 0.3) is 0 Å². The van der Waals surface area contributed by atoms with E-state index in [1.807, 2.05) is 6.08 Å². The Bertz CT molecular complexity index is 1880. The van der Waals surface area contributed by atoms with Crippen molar-refractivity contribution in [3.05, 3.63) is 131 Å². The molecule has 1 atom stereocenters. The lowest BCUT2D eigenvalue weighted by Gasteiger charge is -2.33. The Kier molecular flexibility index (Phi) is 14.1. The fourth-order valence-corrected chi connectivity index (χ4v) is 6.72. The van der Waals surface area contributed by atoms with Gasteiger partial charge < -0.3 is 14.2 Å². The van der Waals surface area contributed by atoms with Crippen LogP contribution >= 0.6 is 0 Å². The molecular formula is C48H64BN2O. The topological polar surface area (TPSA) is 19.6 Å². The van der Waals surface area contributed by atoms with Crippen molar-refractivity contribution in [3.63, 3.8) is 0 Å². The summed E-state index contributed by atoms with van der Waals surface area (Å²) in [5.74, 6) is 1.48. The molecule has 2 bridgehead atoms. The number of nitrogens with zero attached hydrogens (tertiary/aromatic N) is 2. The lowest BCUT2D eigenvalue weighted by Crippen LogP contribution is -2.30. The van der Waals surface area contributed by atoms with Gasteiger partial charge in [-0.25, -0.2) is 0 Å². The number of furan rings is 1. The lowest BCUT2D eigenvalue weighted by molar-refractivity contribution is 0.590. The van der Waals surface area contributed by atoms with Crippen molar-refractivity contribution >= 4 is 41.0 Å². The minimum absolute atomic E-state index is 0.0168. The Morgan fingerprint density at radius 3 is 2.27 bits per heavy atom. The molecular weight excluding hydrogens is 631 g/mol. The number of rotatable bonds is 13. The first-order valence-corrected chi connectivity index (χ1v) is 19.6. The van der Waals surface area contributed by atoms with Crippen LogP contribution in [0.3, 0.4) is 0 Å². The Labute approximate surface area is 317 Å². The second-order valence-electron chi connectivity index (χ2n) is 16.1. The molecule has 2 aromatic carbocycles. The van der Waals surface area contributed by atoms with E-state index in [-0.39, 0.29) is 5.41 Å². The molecule has 4 rings (SSSR count). The van der Waals surface area contributed by atoms with Crippen molar-refractivity contribution in [1.82, 2.24) is 0 Å². The number of allylic oxidation sites excluding steroid dienone is 11. The Morgan fingerprint density at radius 1 is 0.962 bits per heavy atom. The van der Waals surface area contributed by atoms with Gasteiger partial charge in [-0.15, -0.1) is 0 Å². The van der Waals surface area contributed by atoms with Gasteiger partial charge in [0.15, 0.2) is 0 Å². The maximum Gasteiger partial charge on any atom is 0.246 e. The molecule has 1 unspecified atom stereocenters. The summed E-state index contributed by atoms with van der Waals surface area (Å²) in [5.41, 5.74) is 12.0.